The third-order valence-corrected chi connectivity index (χ3v) is 9.19. The molecule has 0 aromatic carbocycles. The van der Waals surface area contributed by atoms with Gasteiger partial charge in [0.15, 0.2) is 0 Å². The number of hydrogen-bond donors (Lipinski definition) is 1. The molecule has 4 saturated carbocycles. The van der Waals surface area contributed by atoms with Gasteiger partial charge in [-0.15, -0.1) is 0 Å². The third kappa shape index (κ3) is 3.09. The Hall–Kier alpha value is -1.10. The number of aliphatic hydroxyl groups is 1. The highest BCUT2D eigenvalue weighted by atomic mass is 16.5. The smallest absolute Gasteiger partial charge is 0.302 e. The minimum Gasteiger partial charge on any atom is -0.463 e. The third-order valence-electron chi connectivity index (χ3n) is 9.19. The molecule has 0 amide bonds. The first-order valence-electron chi connectivity index (χ1n) is 11.2. The van der Waals surface area contributed by atoms with Crippen molar-refractivity contribution in [3.63, 3.8) is 0 Å². The van der Waals surface area contributed by atoms with Crippen molar-refractivity contribution in [3.05, 3.63) is 0 Å². The number of esters is 2. The van der Waals surface area contributed by atoms with Gasteiger partial charge in [0.25, 0.3) is 0 Å². The van der Waals surface area contributed by atoms with Crippen molar-refractivity contribution in [2.45, 2.75) is 97.4 Å². The first kappa shape index (κ1) is 20.2. The summed E-state index contributed by atoms with van der Waals surface area (Å²) in [5.74, 6) is 1.45. The summed E-state index contributed by atoms with van der Waals surface area (Å²) in [5, 5.41) is 11.1. The second-order valence-electron chi connectivity index (χ2n) is 10.5. The van der Waals surface area contributed by atoms with Gasteiger partial charge < -0.3 is 14.6 Å². The van der Waals surface area contributed by atoms with Crippen molar-refractivity contribution in [2.24, 2.45) is 34.5 Å². The highest BCUT2D eigenvalue weighted by Crippen LogP contribution is 2.66. The van der Waals surface area contributed by atoms with Crippen LogP contribution < -0.4 is 0 Å². The van der Waals surface area contributed by atoms with E-state index in [9.17, 15) is 14.7 Å². The number of ether oxygens (including phenoxy) is 2. The number of fused-ring (bicyclic) bond motifs is 5. The largest absolute Gasteiger partial charge is 0.463 e. The first-order chi connectivity index (χ1) is 13.1. The lowest BCUT2D eigenvalue weighted by molar-refractivity contribution is -0.187. The van der Waals surface area contributed by atoms with Crippen molar-refractivity contribution < 1.29 is 24.2 Å². The number of aliphatic hydroxyl groups excluding tert-OH is 1. The highest BCUT2D eigenvalue weighted by Gasteiger charge is 2.62. The van der Waals surface area contributed by atoms with Crippen molar-refractivity contribution >= 4 is 11.9 Å². The van der Waals surface area contributed by atoms with Crippen LogP contribution in [0.25, 0.3) is 0 Å². The molecule has 5 heteroatoms. The Morgan fingerprint density at radius 2 is 1.46 bits per heavy atom. The fourth-order valence-electron chi connectivity index (χ4n) is 7.95. The molecule has 0 saturated heterocycles. The molecule has 5 nitrogen and oxygen atoms in total. The van der Waals surface area contributed by atoms with E-state index >= 15 is 0 Å². The van der Waals surface area contributed by atoms with Crippen LogP contribution in [0.15, 0.2) is 0 Å². The van der Waals surface area contributed by atoms with Gasteiger partial charge in [-0.05, 0) is 80.5 Å². The van der Waals surface area contributed by atoms with Gasteiger partial charge in [0, 0.05) is 19.3 Å². The quantitative estimate of drug-likeness (QED) is 0.723. The zero-order valence-electron chi connectivity index (χ0n) is 17.8. The maximum absolute atomic E-state index is 11.6. The standard InChI is InChI=1S/C23H36O5/c1-13(24)27-15-7-9-22(3)18-8-10-23(4)17(5-6-21(23)28-14(2)25)16(18)12-20(26)19(22)11-15/h15-21,26H,5-12H2,1-4H3/t15-,16-,17-,18-,19?,20+,21-,22+,23-/m0/s1. The molecule has 0 aromatic rings. The van der Waals surface area contributed by atoms with Gasteiger partial charge >= 0.3 is 11.9 Å². The highest BCUT2D eigenvalue weighted by molar-refractivity contribution is 5.66. The van der Waals surface area contributed by atoms with Gasteiger partial charge in [0.1, 0.15) is 12.2 Å². The molecule has 1 unspecified atom stereocenters. The molecule has 4 aliphatic rings. The maximum Gasteiger partial charge on any atom is 0.302 e. The molecule has 1 N–H and O–H groups in total. The molecular weight excluding hydrogens is 356 g/mol. The molecule has 158 valence electrons. The molecule has 4 aliphatic carbocycles. The summed E-state index contributed by atoms with van der Waals surface area (Å²) in [4.78, 5) is 23.0. The van der Waals surface area contributed by atoms with E-state index in [1.54, 1.807) is 0 Å². The Bertz CT molecular complexity index is 647. The molecule has 28 heavy (non-hydrogen) atoms. The molecule has 0 bridgehead atoms. The van der Waals surface area contributed by atoms with Crippen LogP contribution in [0.1, 0.15) is 79.1 Å². The lowest BCUT2D eigenvalue weighted by atomic mass is 9.44. The van der Waals surface area contributed by atoms with Gasteiger partial charge in [-0.25, -0.2) is 0 Å². The van der Waals surface area contributed by atoms with E-state index in [0.717, 1.165) is 51.4 Å². The van der Waals surface area contributed by atoms with Gasteiger partial charge in [-0.1, -0.05) is 13.8 Å². The van der Waals surface area contributed by atoms with Gasteiger partial charge in [0.2, 0.25) is 0 Å². The number of hydrogen-bond acceptors (Lipinski definition) is 5. The van der Waals surface area contributed by atoms with Crippen molar-refractivity contribution in [3.8, 4) is 0 Å². The Morgan fingerprint density at radius 1 is 0.821 bits per heavy atom. The van der Waals surface area contributed by atoms with Gasteiger partial charge in [-0.3, -0.25) is 9.59 Å². The Morgan fingerprint density at radius 3 is 2.14 bits per heavy atom. The molecule has 0 radical (unpaired) electrons. The SMILES string of the molecule is CC(=O)O[C@H]1CC[C@@]2(C)C(C1)[C@H](O)C[C@H]1[C@@H]3CC[C@H](OC(C)=O)[C@@]3(C)CC[C@@H]12. The lowest BCUT2D eigenvalue weighted by Crippen LogP contribution is -2.58. The Kier molecular flexibility index (Phi) is 5.05. The van der Waals surface area contributed by atoms with Crippen LogP contribution >= 0.6 is 0 Å². The molecule has 4 fully saturated rings. The monoisotopic (exact) mass is 392 g/mol. The minimum absolute atomic E-state index is 0.0262. The van der Waals surface area contributed by atoms with Crippen LogP contribution in [-0.4, -0.2) is 35.4 Å². The van der Waals surface area contributed by atoms with Crippen LogP contribution in [0.4, 0.5) is 0 Å². The summed E-state index contributed by atoms with van der Waals surface area (Å²) in [6.07, 6.45) is 7.49. The van der Waals surface area contributed by atoms with E-state index in [-0.39, 0.29) is 47.0 Å². The number of carbonyl (C=O) groups is 2. The summed E-state index contributed by atoms with van der Waals surface area (Å²) in [6, 6.07) is 0. The van der Waals surface area contributed by atoms with E-state index in [0.29, 0.717) is 17.8 Å². The average Bonchev–Trinajstić information content (AvgIpc) is 2.92. The van der Waals surface area contributed by atoms with Crippen LogP contribution in [0.3, 0.4) is 0 Å². The molecular formula is C23H36O5. The number of carbonyl (C=O) groups excluding carboxylic acids is 2. The normalized spacial score (nSPS) is 50.1. The fraction of sp³-hybridized carbons (Fsp3) is 0.913. The minimum atomic E-state index is -0.334. The molecule has 9 atom stereocenters. The van der Waals surface area contributed by atoms with E-state index in [4.69, 9.17) is 9.47 Å². The molecule has 0 aromatic heterocycles. The fourth-order valence-corrected chi connectivity index (χ4v) is 7.95. The lowest BCUT2D eigenvalue weighted by Gasteiger charge is -2.62. The van der Waals surface area contributed by atoms with Crippen molar-refractivity contribution in [2.75, 3.05) is 0 Å². The second-order valence-corrected chi connectivity index (χ2v) is 10.5. The zero-order chi connectivity index (χ0) is 20.3. The summed E-state index contributed by atoms with van der Waals surface area (Å²) in [5.41, 5.74) is 0.157. The van der Waals surface area contributed by atoms with E-state index < -0.39 is 0 Å². The zero-order valence-corrected chi connectivity index (χ0v) is 17.8. The van der Waals surface area contributed by atoms with E-state index in [2.05, 4.69) is 13.8 Å². The van der Waals surface area contributed by atoms with E-state index in [1.165, 1.54) is 13.8 Å². The van der Waals surface area contributed by atoms with Crippen LogP contribution in [0.2, 0.25) is 0 Å². The predicted octanol–water partition coefficient (Wildman–Crippen LogP) is 3.86. The summed E-state index contributed by atoms with van der Waals surface area (Å²) in [6.45, 7) is 7.68. The molecule has 0 aliphatic heterocycles. The Balaban J connectivity index is 1.55. The Labute approximate surface area is 168 Å². The summed E-state index contributed by atoms with van der Waals surface area (Å²) in [7, 11) is 0. The van der Waals surface area contributed by atoms with E-state index in [1.807, 2.05) is 0 Å². The molecule has 4 rings (SSSR count). The van der Waals surface area contributed by atoms with Gasteiger partial charge in [0.05, 0.1) is 6.10 Å². The maximum atomic E-state index is 11.6. The first-order valence-corrected chi connectivity index (χ1v) is 11.2. The van der Waals surface area contributed by atoms with Crippen LogP contribution in [0.5, 0.6) is 0 Å². The van der Waals surface area contributed by atoms with Crippen LogP contribution in [-0.2, 0) is 19.1 Å². The second kappa shape index (κ2) is 7.00. The predicted molar refractivity (Wildman–Crippen MR) is 104 cm³/mol. The molecule has 0 heterocycles. The summed E-state index contributed by atoms with van der Waals surface area (Å²) < 4.78 is 11.2. The summed E-state index contributed by atoms with van der Waals surface area (Å²) >= 11 is 0. The number of rotatable bonds is 2. The van der Waals surface area contributed by atoms with Crippen LogP contribution in [0, 0.1) is 34.5 Å². The average molecular weight is 393 g/mol. The van der Waals surface area contributed by atoms with Crippen molar-refractivity contribution in [1.82, 2.24) is 0 Å². The van der Waals surface area contributed by atoms with Crippen molar-refractivity contribution in [1.29, 1.82) is 0 Å². The topological polar surface area (TPSA) is 72.8 Å². The van der Waals surface area contributed by atoms with Gasteiger partial charge in [-0.2, -0.15) is 0 Å². The molecule has 0 spiro atoms.